The first-order valence-corrected chi connectivity index (χ1v) is 8.30. The predicted molar refractivity (Wildman–Crippen MR) is 80.9 cm³/mol. The summed E-state index contributed by atoms with van der Waals surface area (Å²) < 4.78 is 25.8. The monoisotopic (exact) mass is 295 g/mol. The summed E-state index contributed by atoms with van der Waals surface area (Å²) in [6.07, 6.45) is 0.613. The molecule has 1 unspecified atom stereocenters. The number of rotatable bonds is 6. The fraction of sp³-hybridized carbons (Fsp3) is 0.467. The van der Waals surface area contributed by atoms with E-state index in [1.165, 1.54) is 0 Å². The van der Waals surface area contributed by atoms with Crippen LogP contribution in [0.4, 0.5) is 0 Å². The van der Waals surface area contributed by atoms with Gasteiger partial charge in [0.2, 0.25) is 10.0 Å². The maximum Gasteiger partial charge on any atom is 0.211 e. The van der Waals surface area contributed by atoms with Crippen LogP contribution in [0.2, 0.25) is 0 Å². The van der Waals surface area contributed by atoms with E-state index in [1.54, 1.807) is 0 Å². The Kier molecular flexibility index (Phi) is 6.73. The van der Waals surface area contributed by atoms with Crippen molar-refractivity contribution >= 4 is 10.0 Å². The first kappa shape index (κ1) is 16.7. The zero-order chi connectivity index (χ0) is 15.0. The van der Waals surface area contributed by atoms with Crippen LogP contribution < -0.4 is 4.72 Å². The second kappa shape index (κ2) is 8.05. The molecule has 0 saturated heterocycles. The summed E-state index contributed by atoms with van der Waals surface area (Å²) >= 11 is 0. The molecule has 0 aliphatic carbocycles. The minimum Gasteiger partial charge on any atom is -0.384 e. The van der Waals surface area contributed by atoms with Crippen molar-refractivity contribution < 1.29 is 13.5 Å². The molecule has 0 fully saturated rings. The van der Waals surface area contributed by atoms with E-state index in [0.29, 0.717) is 13.0 Å². The highest BCUT2D eigenvalue weighted by Crippen LogP contribution is 2.15. The van der Waals surface area contributed by atoms with Crippen LogP contribution in [0.25, 0.3) is 0 Å². The lowest BCUT2D eigenvalue weighted by Gasteiger charge is -2.13. The largest absolute Gasteiger partial charge is 0.384 e. The first-order valence-electron chi connectivity index (χ1n) is 6.65. The summed E-state index contributed by atoms with van der Waals surface area (Å²) in [6, 6.07) is 7.60. The highest BCUT2D eigenvalue weighted by atomic mass is 32.2. The number of benzene rings is 1. The Morgan fingerprint density at radius 1 is 1.30 bits per heavy atom. The van der Waals surface area contributed by atoms with Crippen LogP contribution in [0.5, 0.6) is 0 Å². The minimum absolute atomic E-state index is 0.0986. The van der Waals surface area contributed by atoms with Crippen LogP contribution in [0.15, 0.2) is 24.3 Å². The molecule has 110 valence electrons. The number of aliphatic hydroxyl groups excluding tert-OH is 1. The maximum atomic E-state index is 11.6. The van der Waals surface area contributed by atoms with Gasteiger partial charge in [0.15, 0.2) is 0 Å². The van der Waals surface area contributed by atoms with E-state index in [9.17, 15) is 8.42 Å². The summed E-state index contributed by atoms with van der Waals surface area (Å²) in [7, 11) is -3.16. The highest BCUT2D eigenvalue weighted by Gasteiger charge is 2.11. The van der Waals surface area contributed by atoms with E-state index < -0.39 is 10.0 Å². The lowest BCUT2D eigenvalue weighted by molar-refractivity contribution is 0.350. The van der Waals surface area contributed by atoms with Gasteiger partial charge in [0, 0.05) is 12.1 Å². The quantitative estimate of drug-likeness (QED) is 0.781. The summed E-state index contributed by atoms with van der Waals surface area (Å²) in [5, 5.41) is 8.62. The Hall–Kier alpha value is -1.35. The van der Waals surface area contributed by atoms with Crippen LogP contribution >= 0.6 is 0 Å². The van der Waals surface area contributed by atoms with Gasteiger partial charge in [-0.15, -0.1) is 0 Å². The van der Waals surface area contributed by atoms with E-state index in [2.05, 4.69) is 16.6 Å². The van der Waals surface area contributed by atoms with E-state index in [0.717, 1.165) is 11.1 Å². The van der Waals surface area contributed by atoms with Crippen molar-refractivity contribution in [3.05, 3.63) is 35.4 Å². The topological polar surface area (TPSA) is 66.4 Å². The lowest BCUT2D eigenvalue weighted by atomic mass is 10.0. The molecule has 0 aliphatic rings. The number of sulfonamides is 1. The van der Waals surface area contributed by atoms with Gasteiger partial charge >= 0.3 is 0 Å². The fourth-order valence-corrected chi connectivity index (χ4v) is 2.93. The summed E-state index contributed by atoms with van der Waals surface area (Å²) in [5.74, 6) is 5.67. The van der Waals surface area contributed by atoms with Gasteiger partial charge < -0.3 is 5.11 Å². The average Bonchev–Trinajstić information content (AvgIpc) is 2.43. The van der Waals surface area contributed by atoms with Gasteiger partial charge in [0.25, 0.3) is 0 Å². The number of nitrogens with one attached hydrogen (secondary N) is 1. The molecule has 1 atom stereocenters. The van der Waals surface area contributed by atoms with Crippen molar-refractivity contribution in [2.75, 3.05) is 18.9 Å². The molecule has 2 N–H and O–H groups in total. The summed E-state index contributed by atoms with van der Waals surface area (Å²) in [5.41, 5.74) is 1.89. The molecule has 0 aliphatic heterocycles. The molecule has 20 heavy (non-hydrogen) atoms. The van der Waals surface area contributed by atoms with Crippen LogP contribution in [-0.4, -0.2) is 32.4 Å². The molecule has 0 radical (unpaired) electrons. The van der Waals surface area contributed by atoms with Gasteiger partial charge in [-0.25, -0.2) is 13.1 Å². The van der Waals surface area contributed by atoms with Crippen LogP contribution in [-0.2, 0) is 10.0 Å². The molecule has 1 aromatic rings. The fourth-order valence-electron chi connectivity index (χ4n) is 1.75. The number of hydrogen-bond donors (Lipinski definition) is 2. The SMILES string of the molecule is CCCS(=O)(=O)NCC(C)c1ccc(C#CCO)cc1. The zero-order valence-electron chi connectivity index (χ0n) is 11.9. The van der Waals surface area contributed by atoms with Gasteiger partial charge in [0.05, 0.1) is 5.75 Å². The summed E-state index contributed by atoms with van der Waals surface area (Å²) in [6.45, 7) is 4.05. The third-order valence-electron chi connectivity index (χ3n) is 2.87. The molecule has 0 aromatic heterocycles. The smallest absolute Gasteiger partial charge is 0.211 e. The normalized spacial score (nSPS) is 12.6. The molecule has 4 nitrogen and oxygen atoms in total. The Balaban J connectivity index is 2.62. The predicted octanol–water partition coefficient (Wildman–Crippen LogP) is 1.46. The van der Waals surface area contributed by atoms with E-state index in [4.69, 9.17) is 5.11 Å². The van der Waals surface area contributed by atoms with Crippen LogP contribution in [0.1, 0.15) is 37.3 Å². The van der Waals surface area contributed by atoms with Gasteiger partial charge in [-0.1, -0.05) is 37.8 Å². The van der Waals surface area contributed by atoms with Gasteiger partial charge in [-0.05, 0) is 30.0 Å². The van der Waals surface area contributed by atoms with Crippen molar-refractivity contribution in [3.8, 4) is 11.8 Å². The van der Waals surface area contributed by atoms with Crippen molar-refractivity contribution in [1.29, 1.82) is 0 Å². The molecule has 0 bridgehead atoms. The molecule has 0 heterocycles. The molecule has 0 amide bonds. The van der Waals surface area contributed by atoms with Crippen LogP contribution in [0, 0.1) is 11.8 Å². The van der Waals surface area contributed by atoms with Crippen LogP contribution in [0.3, 0.4) is 0 Å². The van der Waals surface area contributed by atoms with Crippen molar-refractivity contribution in [2.24, 2.45) is 0 Å². The second-order valence-electron chi connectivity index (χ2n) is 4.65. The van der Waals surface area contributed by atoms with E-state index >= 15 is 0 Å². The highest BCUT2D eigenvalue weighted by molar-refractivity contribution is 7.89. The molecule has 0 spiro atoms. The van der Waals surface area contributed by atoms with Crippen molar-refractivity contribution in [2.45, 2.75) is 26.2 Å². The second-order valence-corrected chi connectivity index (χ2v) is 6.58. The van der Waals surface area contributed by atoms with Crippen molar-refractivity contribution in [3.63, 3.8) is 0 Å². The maximum absolute atomic E-state index is 11.6. The Labute approximate surface area is 121 Å². The van der Waals surface area contributed by atoms with E-state index in [-0.39, 0.29) is 18.3 Å². The summed E-state index contributed by atoms with van der Waals surface area (Å²) in [4.78, 5) is 0. The Morgan fingerprint density at radius 2 is 1.95 bits per heavy atom. The lowest BCUT2D eigenvalue weighted by Crippen LogP contribution is -2.29. The van der Waals surface area contributed by atoms with Gasteiger partial charge in [-0.3, -0.25) is 0 Å². The van der Waals surface area contributed by atoms with Gasteiger partial charge in [-0.2, -0.15) is 0 Å². The number of hydrogen-bond acceptors (Lipinski definition) is 3. The molecule has 1 rings (SSSR count). The van der Waals surface area contributed by atoms with Crippen molar-refractivity contribution in [1.82, 2.24) is 4.72 Å². The molecule has 5 heteroatoms. The zero-order valence-corrected chi connectivity index (χ0v) is 12.7. The third kappa shape index (κ3) is 5.74. The molecular weight excluding hydrogens is 274 g/mol. The third-order valence-corrected chi connectivity index (χ3v) is 4.43. The minimum atomic E-state index is -3.16. The molecular formula is C15H21NO3S. The average molecular weight is 295 g/mol. The Morgan fingerprint density at radius 3 is 2.50 bits per heavy atom. The standard InChI is InChI=1S/C15H21NO3S/c1-3-11-20(18,19)16-12-13(2)15-8-6-14(7-9-15)5-4-10-17/h6-9,13,16-17H,3,10-12H2,1-2H3. The first-order chi connectivity index (χ1) is 9.48. The molecule has 1 aromatic carbocycles. The van der Waals surface area contributed by atoms with Gasteiger partial charge in [0.1, 0.15) is 6.61 Å². The molecule has 0 saturated carbocycles. The Bertz CT molecular complexity index is 567. The van der Waals surface area contributed by atoms with E-state index in [1.807, 2.05) is 38.1 Å². The number of aliphatic hydroxyl groups is 1.